The summed E-state index contributed by atoms with van der Waals surface area (Å²) in [6.07, 6.45) is -1.63. The van der Waals surface area contributed by atoms with Gasteiger partial charge < -0.3 is 29.0 Å². The Kier molecular flexibility index (Phi) is 14.9. The molecule has 0 saturated heterocycles. The molecule has 1 aliphatic heterocycles. The second-order valence-corrected chi connectivity index (χ2v) is 8.78. The predicted octanol–water partition coefficient (Wildman–Crippen LogP) is 3.57. The Balaban J connectivity index is 0.00000431. The minimum Gasteiger partial charge on any atom is -0.460 e. The second-order valence-electron chi connectivity index (χ2n) is 8.78. The summed E-state index contributed by atoms with van der Waals surface area (Å²) < 4.78 is 25.7. The minimum atomic E-state index is -1.20. The smallest absolute Gasteiger partial charge is 0.421 e. The van der Waals surface area contributed by atoms with Crippen molar-refractivity contribution in [3.8, 4) is 0 Å². The molecule has 1 aromatic carbocycles. The second kappa shape index (κ2) is 17.5. The Morgan fingerprint density at radius 3 is 2.17 bits per heavy atom. The number of non-ortho nitro benzene ring substituents is 1. The average molecular weight is 594 g/mol. The van der Waals surface area contributed by atoms with Crippen molar-refractivity contribution in [1.29, 1.82) is 0 Å². The summed E-state index contributed by atoms with van der Waals surface area (Å²) in [4.78, 5) is 63.5. The summed E-state index contributed by atoms with van der Waals surface area (Å²) in [5, 5.41) is 14.1. The lowest BCUT2D eigenvalue weighted by atomic mass is 9.79. The highest BCUT2D eigenvalue weighted by Gasteiger charge is 2.43. The van der Waals surface area contributed by atoms with Crippen LogP contribution < -0.4 is 5.32 Å². The number of ether oxygens (including phenoxy) is 5. The van der Waals surface area contributed by atoms with Crippen molar-refractivity contribution in [1.82, 2.24) is 10.2 Å². The van der Waals surface area contributed by atoms with Crippen LogP contribution in [-0.4, -0.2) is 80.6 Å². The fraction of sp³-hybridized carbons (Fsp3) is 0.500. The Hall–Kier alpha value is -4.30. The van der Waals surface area contributed by atoms with Crippen LogP contribution in [0.3, 0.4) is 0 Å². The number of nitro groups is 1. The van der Waals surface area contributed by atoms with E-state index in [-0.39, 0.29) is 53.5 Å². The van der Waals surface area contributed by atoms with E-state index in [0.717, 1.165) is 4.90 Å². The topological polar surface area (TPSA) is 173 Å². The van der Waals surface area contributed by atoms with Crippen LogP contribution in [-0.2, 0) is 38.1 Å². The van der Waals surface area contributed by atoms with Crippen LogP contribution in [0.4, 0.5) is 10.5 Å². The van der Waals surface area contributed by atoms with Gasteiger partial charge in [0.05, 0.1) is 41.2 Å². The van der Waals surface area contributed by atoms with E-state index in [4.69, 9.17) is 23.7 Å². The Labute approximate surface area is 244 Å². The summed E-state index contributed by atoms with van der Waals surface area (Å²) in [6.45, 7) is 9.17. The van der Waals surface area contributed by atoms with Gasteiger partial charge in [-0.05, 0) is 40.3 Å². The molecule has 1 aromatic rings. The maximum absolute atomic E-state index is 13.4. The van der Waals surface area contributed by atoms with E-state index in [0.29, 0.717) is 0 Å². The van der Waals surface area contributed by atoms with E-state index in [2.05, 4.69) is 5.32 Å². The number of methoxy groups -OCH3 is 1. The molecule has 1 heterocycles. The molecule has 1 unspecified atom stereocenters. The molecule has 14 nitrogen and oxygen atoms in total. The zero-order valence-electron chi connectivity index (χ0n) is 25.2. The lowest BCUT2D eigenvalue weighted by Gasteiger charge is -2.36. The van der Waals surface area contributed by atoms with Gasteiger partial charge in [-0.15, -0.1) is 0 Å². The number of hydrogen-bond donors (Lipinski definition) is 1. The van der Waals surface area contributed by atoms with Gasteiger partial charge in [0.1, 0.15) is 6.61 Å². The number of nitrogens with one attached hydrogen (secondary N) is 1. The molecular weight excluding hydrogens is 554 g/mol. The number of rotatable bonds is 12. The third kappa shape index (κ3) is 9.38. The fourth-order valence-electron chi connectivity index (χ4n) is 3.99. The summed E-state index contributed by atoms with van der Waals surface area (Å²) in [5.74, 6) is -3.63. The van der Waals surface area contributed by atoms with Gasteiger partial charge in [0, 0.05) is 30.6 Å². The van der Waals surface area contributed by atoms with Crippen LogP contribution in [0.5, 0.6) is 0 Å². The highest BCUT2D eigenvalue weighted by molar-refractivity contribution is 6.01. The maximum Gasteiger partial charge on any atom is 0.421 e. The Morgan fingerprint density at radius 1 is 1.00 bits per heavy atom. The zero-order valence-corrected chi connectivity index (χ0v) is 25.2. The number of nitrogens with zero attached hydrogens (tertiary/aromatic N) is 2. The number of hydrogen-bond acceptors (Lipinski definition) is 12. The number of nitro benzene ring substituents is 1. The Bertz CT molecular complexity index is 1210. The van der Waals surface area contributed by atoms with Crippen molar-refractivity contribution in [3.05, 3.63) is 62.5 Å². The van der Waals surface area contributed by atoms with Gasteiger partial charge in [-0.25, -0.2) is 14.4 Å². The molecule has 0 aliphatic carbocycles. The molecule has 0 saturated carbocycles. The van der Waals surface area contributed by atoms with Crippen LogP contribution in [0, 0.1) is 10.1 Å². The van der Waals surface area contributed by atoms with Gasteiger partial charge in [0.15, 0.2) is 0 Å². The van der Waals surface area contributed by atoms with Crippen molar-refractivity contribution in [3.63, 3.8) is 0 Å². The van der Waals surface area contributed by atoms with Gasteiger partial charge in [-0.3, -0.25) is 19.8 Å². The molecule has 0 bridgehead atoms. The number of amides is 1. The van der Waals surface area contributed by atoms with Crippen LogP contribution in [0.1, 0.15) is 53.0 Å². The van der Waals surface area contributed by atoms with Crippen molar-refractivity contribution in [2.45, 2.75) is 53.6 Å². The molecule has 232 valence electrons. The first-order valence-electron chi connectivity index (χ1n) is 13.2. The van der Waals surface area contributed by atoms with Crippen molar-refractivity contribution < 1.29 is 47.8 Å². The van der Waals surface area contributed by atoms with E-state index in [1.165, 1.54) is 52.3 Å². The molecule has 1 amide bonds. The summed E-state index contributed by atoms with van der Waals surface area (Å²) in [7, 11) is 2.95. The molecule has 1 atom stereocenters. The van der Waals surface area contributed by atoms with Gasteiger partial charge in [0.2, 0.25) is 6.79 Å². The average Bonchev–Trinajstić information content (AvgIpc) is 2.93. The van der Waals surface area contributed by atoms with E-state index >= 15 is 0 Å². The van der Waals surface area contributed by atoms with E-state index in [1.807, 2.05) is 13.8 Å². The number of carbonyl (C=O) groups is 4. The zero-order chi connectivity index (χ0) is 32.0. The van der Waals surface area contributed by atoms with Gasteiger partial charge in [0.25, 0.3) is 5.69 Å². The van der Waals surface area contributed by atoms with Gasteiger partial charge >= 0.3 is 24.0 Å². The van der Waals surface area contributed by atoms with Crippen LogP contribution in [0.15, 0.2) is 46.8 Å². The summed E-state index contributed by atoms with van der Waals surface area (Å²) >= 11 is 0. The quantitative estimate of drug-likeness (QED) is 0.0934. The molecule has 1 aliphatic rings. The number of carbonyl (C=O) groups excluding carboxylic acids is 4. The highest BCUT2D eigenvalue weighted by Crippen LogP contribution is 2.44. The normalized spacial score (nSPS) is 14.6. The van der Waals surface area contributed by atoms with Crippen molar-refractivity contribution in [2.75, 3.05) is 40.7 Å². The number of likely N-dealkylation sites (N-methyl/N-ethyl adjacent to an activating group) is 1. The third-order valence-corrected chi connectivity index (χ3v) is 5.65. The first kappa shape index (κ1) is 35.7. The molecule has 0 spiro atoms. The molecule has 0 fully saturated rings. The maximum atomic E-state index is 13.4. The number of allylic oxidation sites excluding steroid dienone is 2. The highest BCUT2D eigenvalue weighted by atomic mass is 16.7. The first-order chi connectivity index (χ1) is 19.9. The van der Waals surface area contributed by atoms with Gasteiger partial charge in [-0.1, -0.05) is 26.0 Å². The number of esters is 3. The molecule has 0 radical (unpaired) electrons. The van der Waals surface area contributed by atoms with Gasteiger partial charge in [-0.2, -0.15) is 0 Å². The third-order valence-electron chi connectivity index (χ3n) is 5.65. The first-order valence-corrected chi connectivity index (χ1v) is 13.2. The molecule has 1 N–H and O–H groups in total. The lowest BCUT2D eigenvalue weighted by Crippen LogP contribution is -2.39. The van der Waals surface area contributed by atoms with Crippen LogP contribution in [0.25, 0.3) is 0 Å². The van der Waals surface area contributed by atoms with Crippen molar-refractivity contribution in [2.24, 2.45) is 0 Å². The molecule has 42 heavy (non-hydrogen) atoms. The summed E-state index contributed by atoms with van der Waals surface area (Å²) in [6, 6.07) is 5.42. The van der Waals surface area contributed by atoms with E-state index in [1.54, 1.807) is 13.8 Å². The standard InChI is InChI=1S/C26H33N3O11.C2H6/c1-15(2)40-25(32)22-17(4)28(26(33)39-14-38-20(30)13-27-5)16(3)21(24(31)37-11-10-36-6)23(22)18-8-7-9-19(12-18)29(34)35;1-2/h7-9,12,15,23,27H,10-11,13-14H2,1-6H3;1-2H3. The van der Waals surface area contributed by atoms with Crippen LogP contribution >= 0.6 is 0 Å². The summed E-state index contributed by atoms with van der Waals surface area (Å²) in [5.41, 5.74) is -0.272. The molecule has 14 heteroatoms. The largest absolute Gasteiger partial charge is 0.460 e. The van der Waals surface area contributed by atoms with E-state index < -0.39 is 47.7 Å². The minimum absolute atomic E-state index is 0.0315. The van der Waals surface area contributed by atoms with Crippen molar-refractivity contribution >= 4 is 29.7 Å². The monoisotopic (exact) mass is 593 g/mol. The molecule has 2 rings (SSSR count). The van der Waals surface area contributed by atoms with E-state index in [9.17, 15) is 29.3 Å². The number of benzene rings is 1. The molecule has 0 aromatic heterocycles. The SMILES string of the molecule is CC.CNCC(=O)OCOC(=O)N1C(C)=C(C(=O)OCCOC)C(c2cccc([N+](=O)[O-])c2)C(C(=O)OC(C)C)=C1C. The molecular formula is C28H39N3O11. The lowest BCUT2D eigenvalue weighted by molar-refractivity contribution is -0.384. The fourth-order valence-corrected chi connectivity index (χ4v) is 3.99. The Morgan fingerprint density at radius 2 is 1.62 bits per heavy atom. The van der Waals surface area contributed by atoms with Crippen LogP contribution in [0.2, 0.25) is 0 Å². The predicted molar refractivity (Wildman–Crippen MR) is 150 cm³/mol.